The molecule has 2 aromatic carbocycles. The van der Waals surface area contributed by atoms with Crippen LogP contribution in [0, 0.1) is 13.8 Å². The molecule has 0 N–H and O–H groups in total. The fourth-order valence-electron chi connectivity index (χ4n) is 4.42. The van der Waals surface area contributed by atoms with E-state index in [2.05, 4.69) is 73.8 Å². The molecule has 1 aliphatic rings. The molecule has 0 saturated carbocycles. The normalized spacial score (nSPS) is 17.1. The lowest BCUT2D eigenvalue weighted by Gasteiger charge is -2.19. The number of anilines is 1. The maximum atomic E-state index is 12.9. The molecular formula is C24H30N4O. The highest BCUT2D eigenvalue weighted by atomic mass is 16.2. The fraction of sp³-hybridized carbons (Fsp3) is 0.417. The summed E-state index contributed by atoms with van der Waals surface area (Å²) in [5, 5.41) is 0. The van der Waals surface area contributed by atoms with Crippen molar-refractivity contribution >= 4 is 22.6 Å². The van der Waals surface area contributed by atoms with Gasteiger partial charge in [-0.1, -0.05) is 18.2 Å². The molecule has 4 rings (SSSR count). The smallest absolute Gasteiger partial charge is 0.227 e. The quantitative estimate of drug-likeness (QED) is 0.636. The first kappa shape index (κ1) is 19.6. The number of imidazole rings is 1. The van der Waals surface area contributed by atoms with Crippen LogP contribution in [0.2, 0.25) is 0 Å². The number of para-hydroxylation sites is 2. The van der Waals surface area contributed by atoms with Crippen molar-refractivity contribution in [2.24, 2.45) is 0 Å². The van der Waals surface area contributed by atoms with Crippen molar-refractivity contribution in [1.82, 2.24) is 14.5 Å². The molecule has 0 bridgehead atoms. The number of amides is 1. The predicted molar refractivity (Wildman–Crippen MR) is 119 cm³/mol. The summed E-state index contributed by atoms with van der Waals surface area (Å²) < 4.78 is 2.34. The summed E-state index contributed by atoms with van der Waals surface area (Å²) in [4.78, 5) is 22.0. The summed E-state index contributed by atoms with van der Waals surface area (Å²) in [6, 6.07) is 14.7. The molecule has 0 aliphatic carbocycles. The fourth-order valence-corrected chi connectivity index (χ4v) is 4.42. The second-order valence-electron chi connectivity index (χ2n) is 8.52. The van der Waals surface area contributed by atoms with Gasteiger partial charge in [-0.3, -0.25) is 4.79 Å². The summed E-state index contributed by atoms with van der Waals surface area (Å²) in [5.41, 5.74) is 5.56. The molecule has 5 heteroatoms. The molecule has 0 unspecified atom stereocenters. The van der Waals surface area contributed by atoms with E-state index >= 15 is 0 Å². The van der Waals surface area contributed by atoms with Gasteiger partial charge in [0, 0.05) is 31.1 Å². The van der Waals surface area contributed by atoms with Crippen molar-refractivity contribution in [3.63, 3.8) is 0 Å². The van der Waals surface area contributed by atoms with E-state index in [1.54, 1.807) is 0 Å². The highest BCUT2D eigenvalue weighted by Gasteiger charge is 2.34. The van der Waals surface area contributed by atoms with Crippen molar-refractivity contribution in [3.8, 4) is 0 Å². The topological polar surface area (TPSA) is 41.4 Å². The van der Waals surface area contributed by atoms with Crippen LogP contribution >= 0.6 is 0 Å². The Kier molecular flexibility index (Phi) is 5.41. The third-order valence-electron chi connectivity index (χ3n) is 5.68. The van der Waals surface area contributed by atoms with Crippen molar-refractivity contribution in [2.45, 2.75) is 39.2 Å². The number of hydrogen-bond donors (Lipinski definition) is 0. The largest absolute Gasteiger partial charge is 0.328 e. The molecule has 1 aromatic heterocycles. The van der Waals surface area contributed by atoms with Crippen molar-refractivity contribution in [1.29, 1.82) is 0 Å². The first-order chi connectivity index (χ1) is 13.9. The van der Waals surface area contributed by atoms with Gasteiger partial charge < -0.3 is 14.4 Å². The van der Waals surface area contributed by atoms with Crippen LogP contribution in [-0.4, -0.2) is 47.5 Å². The highest BCUT2D eigenvalue weighted by Crippen LogP contribution is 2.34. The molecule has 2 heterocycles. The maximum absolute atomic E-state index is 12.9. The Morgan fingerprint density at radius 2 is 1.83 bits per heavy atom. The van der Waals surface area contributed by atoms with Crippen LogP contribution in [-0.2, 0) is 11.3 Å². The van der Waals surface area contributed by atoms with E-state index in [4.69, 9.17) is 4.98 Å². The monoisotopic (exact) mass is 390 g/mol. The SMILES string of the molecule is Cc1cc(C)cc(N2C[C@@H](c3nc4ccccc4n3CCCN(C)C)CC2=O)c1. The van der Waals surface area contributed by atoms with Gasteiger partial charge in [0.05, 0.1) is 11.0 Å². The zero-order valence-electron chi connectivity index (χ0n) is 17.9. The third kappa shape index (κ3) is 4.06. The number of aromatic nitrogens is 2. The van der Waals surface area contributed by atoms with Crippen molar-refractivity contribution in [3.05, 3.63) is 59.4 Å². The van der Waals surface area contributed by atoms with Gasteiger partial charge in [-0.15, -0.1) is 0 Å². The lowest BCUT2D eigenvalue weighted by Crippen LogP contribution is -2.24. The number of aryl methyl sites for hydroxylation is 3. The van der Waals surface area contributed by atoms with Crippen LogP contribution in [0.25, 0.3) is 11.0 Å². The van der Waals surface area contributed by atoms with Gasteiger partial charge in [-0.2, -0.15) is 0 Å². The van der Waals surface area contributed by atoms with E-state index in [9.17, 15) is 4.79 Å². The summed E-state index contributed by atoms with van der Waals surface area (Å²) in [6.45, 7) is 6.81. The molecule has 5 nitrogen and oxygen atoms in total. The molecule has 1 saturated heterocycles. The highest BCUT2D eigenvalue weighted by molar-refractivity contribution is 5.96. The van der Waals surface area contributed by atoms with Gasteiger partial charge in [0.2, 0.25) is 5.91 Å². The zero-order chi connectivity index (χ0) is 20.5. The van der Waals surface area contributed by atoms with E-state index in [-0.39, 0.29) is 11.8 Å². The van der Waals surface area contributed by atoms with Gasteiger partial charge >= 0.3 is 0 Å². The minimum Gasteiger partial charge on any atom is -0.328 e. The Labute approximate surface area is 172 Å². The summed E-state index contributed by atoms with van der Waals surface area (Å²) in [7, 11) is 4.20. The lowest BCUT2D eigenvalue weighted by molar-refractivity contribution is -0.117. The number of hydrogen-bond acceptors (Lipinski definition) is 3. The first-order valence-electron chi connectivity index (χ1n) is 10.4. The van der Waals surface area contributed by atoms with Gasteiger partial charge in [-0.05, 0) is 76.3 Å². The molecule has 1 atom stereocenters. The Bertz CT molecular complexity index is 1020. The minimum absolute atomic E-state index is 0.120. The second kappa shape index (κ2) is 7.99. The number of nitrogens with zero attached hydrogens (tertiary/aromatic N) is 4. The Balaban J connectivity index is 1.65. The van der Waals surface area contributed by atoms with E-state index in [0.717, 1.165) is 36.5 Å². The lowest BCUT2D eigenvalue weighted by atomic mass is 10.1. The van der Waals surface area contributed by atoms with Crippen LogP contribution in [0.3, 0.4) is 0 Å². The molecule has 1 amide bonds. The van der Waals surface area contributed by atoms with Crippen LogP contribution in [0.4, 0.5) is 5.69 Å². The van der Waals surface area contributed by atoms with Crippen molar-refractivity contribution in [2.75, 3.05) is 32.1 Å². The number of carbonyl (C=O) groups is 1. The Morgan fingerprint density at radius 3 is 2.55 bits per heavy atom. The molecule has 29 heavy (non-hydrogen) atoms. The van der Waals surface area contributed by atoms with E-state index in [1.807, 2.05) is 11.0 Å². The summed E-state index contributed by atoms with van der Waals surface area (Å²) in [5.74, 6) is 1.35. The van der Waals surface area contributed by atoms with Gasteiger partial charge in [-0.25, -0.2) is 4.98 Å². The molecule has 0 radical (unpaired) electrons. The molecule has 3 aromatic rings. The van der Waals surface area contributed by atoms with Crippen LogP contribution in [0.15, 0.2) is 42.5 Å². The van der Waals surface area contributed by atoms with Crippen molar-refractivity contribution < 1.29 is 4.79 Å². The van der Waals surface area contributed by atoms with Crippen LogP contribution < -0.4 is 4.90 Å². The number of rotatable bonds is 6. The predicted octanol–water partition coefficient (Wildman–Crippen LogP) is 4.13. The van der Waals surface area contributed by atoms with E-state index in [1.165, 1.54) is 16.6 Å². The number of carbonyl (C=O) groups excluding carboxylic acids is 1. The number of benzene rings is 2. The Hall–Kier alpha value is -2.66. The van der Waals surface area contributed by atoms with E-state index in [0.29, 0.717) is 13.0 Å². The summed E-state index contributed by atoms with van der Waals surface area (Å²) >= 11 is 0. The van der Waals surface area contributed by atoms with Gasteiger partial charge in [0.15, 0.2) is 0 Å². The molecule has 1 fully saturated rings. The number of fused-ring (bicyclic) bond motifs is 1. The average Bonchev–Trinajstić information content (AvgIpc) is 3.21. The third-order valence-corrected chi connectivity index (χ3v) is 5.68. The second-order valence-corrected chi connectivity index (χ2v) is 8.52. The molecule has 0 spiro atoms. The zero-order valence-corrected chi connectivity index (χ0v) is 17.9. The first-order valence-corrected chi connectivity index (χ1v) is 10.4. The van der Waals surface area contributed by atoms with Gasteiger partial charge in [0.1, 0.15) is 5.82 Å². The standard InChI is InChI=1S/C24H30N4O/c1-17-12-18(2)14-20(13-17)28-16-19(15-23(28)29)24-25-21-8-5-6-9-22(21)27(24)11-7-10-26(3)4/h5-6,8-9,12-14,19H,7,10-11,15-16H2,1-4H3/t19-/m0/s1. The molecular weight excluding hydrogens is 360 g/mol. The molecule has 1 aliphatic heterocycles. The van der Waals surface area contributed by atoms with Crippen LogP contribution in [0.5, 0.6) is 0 Å². The van der Waals surface area contributed by atoms with Crippen LogP contribution in [0.1, 0.15) is 35.7 Å². The molecule has 152 valence electrons. The van der Waals surface area contributed by atoms with E-state index < -0.39 is 0 Å². The average molecular weight is 391 g/mol. The minimum atomic E-state index is 0.120. The summed E-state index contributed by atoms with van der Waals surface area (Å²) in [6.07, 6.45) is 1.58. The Morgan fingerprint density at radius 1 is 1.10 bits per heavy atom. The van der Waals surface area contributed by atoms with Gasteiger partial charge in [0.25, 0.3) is 0 Å². The maximum Gasteiger partial charge on any atom is 0.227 e.